The molecular formula is C26H48ClN7O. The van der Waals surface area contributed by atoms with Crippen LogP contribution in [0.25, 0.3) is 0 Å². The van der Waals surface area contributed by atoms with E-state index in [0.717, 1.165) is 58.3 Å². The molecule has 1 amide bonds. The first kappa shape index (κ1) is 26.1. The van der Waals surface area contributed by atoms with Gasteiger partial charge in [-0.25, -0.2) is 0 Å². The fourth-order valence-electron chi connectivity index (χ4n) is 8.39. The van der Waals surface area contributed by atoms with E-state index in [2.05, 4.69) is 33.2 Å². The molecule has 2 aliphatic carbocycles. The highest BCUT2D eigenvalue weighted by Gasteiger charge is 2.68. The Morgan fingerprint density at radius 3 is 2.49 bits per heavy atom. The van der Waals surface area contributed by atoms with Gasteiger partial charge in [-0.05, 0) is 88.9 Å². The summed E-state index contributed by atoms with van der Waals surface area (Å²) in [4.78, 5) is 16.4. The minimum absolute atomic E-state index is 0.00599. The largest absolute Gasteiger partial charge is 0.350 e. The number of carbonyl (C=O) groups excluding carboxylic acids is 1. The van der Waals surface area contributed by atoms with Crippen LogP contribution in [0.5, 0.6) is 0 Å². The van der Waals surface area contributed by atoms with Crippen molar-refractivity contribution in [3.63, 3.8) is 0 Å². The first-order valence-corrected chi connectivity index (χ1v) is 14.6. The molecule has 5 aliphatic rings. The van der Waals surface area contributed by atoms with Crippen molar-refractivity contribution in [1.82, 2.24) is 26.2 Å². The summed E-state index contributed by atoms with van der Waals surface area (Å²) in [7, 11) is 2.05. The number of nitrogens with zero attached hydrogens (tertiary/aromatic N) is 1. The monoisotopic (exact) mass is 509 g/mol. The van der Waals surface area contributed by atoms with Gasteiger partial charge in [-0.2, -0.15) is 0 Å². The van der Waals surface area contributed by atoms with Crippen LogP contribution in [0.15, 0.2) is 0 Å². The molecule has 0 spiro atoms. The topological polar surface area (TPSA) is 120 Å². The number of amides is 1. The first-order valence-electron chi connectivity index (χ1n) is 14.2. The van der Waals surface area contributed by atoms with Crippen LogP contribution in [-0.2, 0) is 4.79 Å². The molecule has 8 nitrogen and oxygen atoms in total. The second-order valence-electron chi connectivity index (χ2n) is 12.3. The second-order valence-corrected chi connectivity index (χ2v) is 13.0. The lowest BCUT2D eigenvalue weighted by molar-refractivity contribution is -0.128. The molecule has 8 N–H and O–H groups in total. The molecule has 7 atom stereocenters. The van der Waals surface area contributed by atoms with Gasteiger partial charge in [0, 0.05) is 36.6 Å². The number of rotatable bonds is 6. The average Bonchev–Trinajstić information content (AvgIpc) is 3.48. The SMILES string of the molecule is CNC1CCN(C2CCNCC2NC(=O)C(C(N)N)C2CC34CCCCC3(CC(Cl)CN2)C4)CC1. The molecule has 0 radical (unpaired) electrons. The zero-order valence-electron chi connectivity index (χ0n) is 21.5. The average molecular weight is 510 g/mol. The van der Waals surface area contributed by atoms with Crippen molar-refractivity contribution in [2.45, 2.75) is 99.9 Å². The third kappa shape index (κ3) is 5.27. The summed E-state index contributed by atoms with van der Waals surface area (Å²) >= 11 is 6.79. The lowest BCUT2D eigenvalue weighted by Gasteiger charge is -2.44. The van der Waals surface area contributed by atoms with Gasteiger partial charge < -0.3 is 32.7 Å². The second kappa shape index (κ2) is 10.7. The standard InChI is InChI=1S/C26H48ClN7O/c1-30-18-5-10-34(11-6-18)21-4-9-31-15-20(21)33-24(35)22(23(28)29)19-13-26-8-3-2-7-25(26,16-26)12-17(27)14-32-19/h17-23,30-32H,2-16,28-29H2,1H3,(H,33,35). The molecule has 3 aliphatic heterocycles. The van der Waals surface area contributed by atoms with E-state index < -0.39 is 12.1 Å². The molecule has 0 aromatic heterocycles. The number of nitrogens with one attached hydrogen (secondary N) is 4. The van der Waals surface area contributed by atoms with E-state index in [1.807, 2.05) is 0 Å². The van der Waals surface area contributed by atoms with Gasteiger partial charge in [0.05, 0.1) is 18.1 Å². The Morgan fingerprint density at radius 2 is 1.80 bits per heavy atom. The molecule has 200 valence electrons. The first-order chi connectivity index (χ1) is 16.9. The van der Waals surface area contributed by atoms with Crippen LogP contribution in [0.3, 0.4) is 0 Å². The summed E-state index contributed by atoms with van der Waals surface area (Å²) < 4.78 is 0. The van der Waals surface area contributed by atoms with Crippen LogP contribution >= 0.6 is 11.6 Å². The molecular weight excluding hydrogens is 462 g/mol. The molecule has 5 fully saturated rings. The Balaban J connectivity index is 1.28. The normalized spacial score (nSPS) is 41.9. The number of halogens is 1. The number of nitrogens with two attached hydrogens (primary N) is 2. The van der Waals surface area contributed by atoms with E-state index >= 15 is 0 Å². The van der Waals surface area contributed by atoms with E-state index in [-0.39, 0.29) is 23.4 Å². The van der Waals surface area contributed by atoms with Gasteiger partial charge in [0.2, 0.25) is 5.91 Å². The molecule has 0 bridgehead atoms. The summed E-state index contributed by atoms with van der Waals surface area (Å²) in [6.45, 7) is 4.66. The molecule has 9 heteroatoms. The van der Waals surface area contributed by atoms with Crippen LogP contribution in [-0.4, -0.2) is 86.3 Å². The van der Waals surface area contributed by atoms with Crippen molar-refractivity contribution in [3.05, 3.63) is 0 Å². The fraction of sp³-hybridized carbons (Fsp3) is 0.962. The number of piperidine rings is 2. The number of alkyl halides is 1. The molecule has 7 unspecified atom stereocenters. The molecule has 3 saturated heterocycles. The third-order valence-electron chi connectivity index (χ3n) is 10.4. The van der Waals surface area contributed by atoms with Crippen LogP contribution in [0.2, 0.25) is 0 Å². The van der Waals surface area contributed by atoms with E-state index in [0.29, 0.717) is 29.5 Å². The Morgan fingerprint density at radius 1 is 1.09 bits per heavy atom. The van der Waals surface area contributed by atoms with E-state index in [4.69, 9.17) is 23.1 Å². The van der Waals surface area contributed by atoms with Crippen LogP contribution in [0.4, 0.5) is 0 Å². The van der Waals surface area contributed by atoms with Crippen LogP contribution in [0, 0.1) is 16.7 Å². The number of likely N-dealkylation sites (tertiary alicyclic amines) is 1. The maximum atomic E-state index is 13.8. The van der Waals surface area contributed by atoms with Gasteiger partial charge in [-0.3, -0.25) is 9.69 Å². The summed E-state index contributed by atoms with van der Waals surface area (Å²) in [6.07, 6.45) is 11.1. The Labute approximate surface area is 216 Å². The third-order valence-corrected chi connectivity index (χ3v) is 10.7. The van der Waals surface area contributed by atoms with E-state index in [9.17, 15) is 4.79 Å². The van der Waals surface area contributed by atoms with Gasteiger partial charge in [-0.15, -0.1) is 11.6 Å². The van der Waals surface area contributed by atoms with Crippen molar-refractivity contribution in [1.29, 1.82) is 0 Å². The van der Waals surface area contributed by atoms with Crippen molar-refractivity contribution >= 4 is 17.5 Å². The lowest BCUT2D eigenvalue weighted by atomic mass is 9.71. The lowest BCUT2D eigenvalue weighted by Crippen LogP contribution is -2.65. The maximum Gasteiger partial charge on any atom is 0.227 e. The molecule has 3 heterocycles. The number of hydrogen-bond donors (Lipinski definition) is 6. The van der Waals surface area contributed by atoms with Gasteiger partial charge in [0.1, 0.15) is 0 Å². The Bertz CT molecular complexity index is 747. The molecule has 35 heavy (non-hydrogen) atoms. The van der Waals surface area contributed by atoms with Crippen LogP contribution in [0.1, 0.15) is 64.2 Å². The predicted molar refractivity (Wildman–Crippen MR) is 141 cm³/mol. The van der Waals surface area contributed by atoms with Crippen molar-refractivity contribution < 1.29 is 4.79 Å². The predicted octanol–water partition coefficient (Wildman–Crippen LogP) is 0.687. The van der Waals surface area contributed by atoms with Gasteiger partial charge in [0.25, 0.3) is 0 Å². The highest BCUT2D eigenvalue weighted by Crippen LogP contribution is 2.76. The molecule has 5 rings (SSSR count). The fourth-order valence-corrected chi connectivity index (χ4v) is 8.78. The summed E-state index contributed by atoms with van der Waals surface area (Å²) in [5.41, 5.74) is 13.4. The molecule has 0 aromatic rings. The van der Waals surface area contributed by atoms with Gasteiger partial charge >= 0.3 is 0 Å². The van der Waals surface area contributed by atoms with Crippen molar-refractivity contribution in [3.8, 4) is 0 Å². The van der Waals surface area contributed by atoms with Gasteiger partial charge in [-0.1, -0.05) is 12.8 Å². The summed E-state index contributed by atoms with van der Waals surface area (Å²) in [6, 6.07) is 1.01. The van der Waals surface area contributed by atoms with Crippen molar-refractivity contribution in [2.24, 2.45) is 28.2 Å². The molecule has 2 saturated carbocycles. The minimum atomic E-state index is -0.699. The van der Waals surface area contributed by atoms with Crippen LogP contribution < -0.4 is 32.7 Å². The highest BCUT2D eigenvalue weighted by atomic mass is 35.5. The Kier molecular flexibility index (Phi) is 8.00. The summed E-state index contributed by atoms with van der Waals surface area (Å²) in [5, 5.41) is 14.1. The number of carbonyl (C=O) groups is 1. The van der Waals surface area contributed by atoms with Gasteiger partial charge in [0.15, 0.2) is 0 Å². The highest BCUT2D eigenvalue weighted by molar-refractivity contribution is 6.20. The van der Waals surface area contributed by atoms with Crippen molar-refractivity contribution in [2.75, 3.05) is 39.8 Å². The zero-order chi connectivity index (χ0) is 24.6. The van der Waals surface area contributed by atoms with E-state index in [1.165, 1.54) is 32.1 Å². The minimum Gasteiger partial charge on any atom is -0.350 e. The summed E-state index contributed by atoms with van der Waals surface area (Å²) in [5.74, 6) is -0.448. The zero-order valence-corrected chi connectivity index (χ0v) is 22.3. The maximum absolute atomic E-state index is 13.8. The quantitative estimate of drug-likeness (QED) is 0.230. The smallest absolute Gasteiger partial charge is 0.227 e. The van der Waals surface area contributed by atoms with E-state index in [1.54, 1.807) is 0 Å². The number of hydrogen-bond acceptors (Lipinski definition) is 7. The molecule has 0 aromatic carbocycles. The Hall–Kier alpha value is -0.480.